The number of halogens is 1. The standard InChI is InChI=1S/C15H14N4O2S.BrH/c16-15(18-17-10-12-4-2-1-3-5-12)22-11-13-6-8-14(9-7-13)19(20)21;/h1-10H,11H2,(H2,16,18);1H. The molecule has 0 aromatic heterocycles. The fraction of sp³-hybridized carbons (Fsp3) is 0.0667. The Morgan fingerprint density at radius 1 is 1.17 bits per heavy atom. The maximum atomic E-state index is 10.6. The Morgan fingerprint density at radius 2 is 1.83 bits per heavy atom. The third-order valence-corrected chi connectivity index (χ3v) is 3.55. The molecule has 6 nitrogen and oxygen atoms in total. The monoisotopic (exact) mass is 394 g/mol. The summed E-state index contributed by atoms with van der Waals surface area (Å²) >= 11 is 1.32. The van der Waals surface area contributed by atoms with Crippen LogP contribution in [0.4, 0.5) is 5.69 Å². The van der Waals surface area contributed by atoms with Crippen LogP contribution < -0.4 is 5.73 Å². The second-order valence-corrected chi connectivity index (χ2v) is 5.30. The van der Waals surface area contributed by atoms with Crippen LogP contribution >= 0.6 is 28.7 Å². The summed E-state index contributed by atoms with van der Waals surface area (Å²) in [6, 6.07) is 15.9. The first-order valence-electron chi connectivity index (χ1n) is 6.43. The fourth-order valence-electron chi connectivity index (χ4n) is 1.59. The van der Waals surface area contributed by atoms with Crippen LogP contribution in [0.15, 0.2) is 64.8 Å². The highest BCUT2D eigenvalue weighted by atomic mass is 79.9. The number of nitrogens with zero attached hydrogens (tertiary/aromatic N) is 3. The molecule has 0 atom stereocenters. The molecule has 0 aliphatic heterocycles. The Kier molecular flexibility index (Phi) is 8.00. The van der Waals surface area contributed by atoms with Crippen LogP contribution in [0, 0.1) is 10.1 Å². The molecule has 2 rings (SSSR count). The van der Waals surface area contributed by atoms with Gasteiger partial charge in [0.25, 0.3) is 5.69 Å². The molecule has 0 saturated heterocycles. The molecule has 120 valence electrons. The summed E-state index contributed by atoms with van der Waals surface area (Å²) < 4.78 is 0. The summed E-state index contributed by atoms with van der Waals surface area (Å²) in [5.74, 6) is 0.578. The molecule has 2 N–H and O–H groups in total. The Balaban J connectivity index is 0.00000264. The number of hydrogen-bond acceptors (Lipinski definition) is 5. The first-order chi connectivity index (χ1) is 10.6. The number of non-ortho nitro benzene ring substituents is 1. The first kappa shape index (κ1) is 18.9. The van der Waals surface area contributed by atoms with E-state index < -0.39 is 4.92 Å². The Hall–Kier alpha value is -2.19. The van der Waals surface area contributed by atoms with E-state index >= 15 is 0 Å². The van der Waals surface area contributed by atoms with Gasteiger partial charge in [-0.25, -0.2) is 0 Å². The zero-order valence-corrected chi connectivity index (χ0v) is 14.6. The second kappa shape index (κ2) is 9.75. The smallest absolute Gasteiger partial charge is 0.269 e. The number of benzene rings is 2. The molecule has 0 unspecified atom stereocenters. The van der Waals surface area contributed by atoms with E-state index in [1.54, 1.807) is 18.3 Å². The van der Waals surface area contributed by atoms with Crippen LogP contribution in [0.5, 0.6) is 0 Å². The van der Waals surface area contributed by atoms with Gasteiger partial charge in [0.2, 0.25) is 0 Å². The van der Waals surface area contributed by atoms with Crippen molar-refractivity contribution in [2.45, 2.75) is 5.75 Å². The summed E-state index contributed by atoms with van der Waals surface area (Å²) in [6.07, 6.45) is 1.62. The number of hydrogen-bond donors (Lipinski definition) is 1. The van der Waals surface area contributed by atoms with Gasteiger partial charge in [0.1, 0.15) is 0 Å². The van der Waals surface area contributed by atoms with Crippen LogP contribution in [-0.4, -0.2) is 16.3 Å². The molecule has 0 fully saturated rings. The number of nitro benzene ring substituents is 1. The molecular formula is C15H15BrN4O2S. The molecule has 0 aliphatic carbocycles. The van der Waals surface area contributed by atoms with Gasteiger partial charge in [0.15, 0.2) is 5.17 Å². The fourth-order valence-corrected chi connectivity index (χ4v) is 2.20. The largest absolute Gasteiger partial charge is 0.377 e. The molecule has 0 aliphatic rings. The molecule has 8 heteroatoms. The number of nitro groups is 1. The zero-order chi connectivity index (χ0) is 15.8. The van der Waals surface area contributed by atoms with Gasteiger partial charge in [-0.3, -0.25) is 10.1 Å². The van der Waals surface area contributed by atoms with Crippen molar-refractivity contribution in [1.82, 2.24) is 0 Å². The minimum absolute atomic E-state index is 0. The molecule has 0 radical (unpaired) electrons. The highest BCUT2D eigenvalue weighted by Crippen LogP contribution is 2.16. The second-order valence-electron chi connectivity index (χ2n) is 4.31. The lowest BCUT2D eigenvalue weighted by molar-refractivity contribution is -0.384. The van der Waals surface area contributed by atoms with E-state index in [-0.39, 0.29) is 22.7 Å². The van der Waals surface area contributed by atoms with Crippen molar-refractivity contribution in [3.8, 4) is 0 Å². The summed E-state index contributed by atoms with van der Waals surface area (Å²) in [4.78, 5) is 10.1. The predicted octanol–water partition coefficient (Wildman–Crippen LogP) is 3.75. The summed E-state index contributed by atoms with van der Waals surface area (Å²) in [6.45, 7) is 0. The average molecular weight is 395 g/mol. The minimum atomic E-state index is -0.426. The molecule has 2 aromatic rings. The van der Waals surface area contributed by atoms with Crippen molar-refractivity contribution in [3.63, 3.8) is 0 Å². The number of rotatable bonds is 5. The molecule has 2 aromatic carbocycles. The van der Waals surface area contributed by atoms with Crippen molar-refractivity contribution in [3.05, 3.63) is 75.8 Å². The topological polar surface area (TPSA) is 93.9 Å². The van der Waals surface area contributed by atoms with Crippen LogP contribution in [0.3, 0.4) is 0 Å². The summed E-state index contributed by atoms with van der Waals surface area (Å²) in [5.41, 5.74) is 7.70. The van der Waals surface area contributed by atoms with E-state index in [9.17, 15) is 10.1 Å². The van der Waals surface area contributed by atoms with Gasteiger partial charge in [-0.1, -0.05) is 54.2 Å². The van der Waals surface area contributed by atoms with Crippen molar-refractivity contribution < 1.29 is 4.92 Å². The van der Waals surface area contributed by atoms with Crippen LogP contribution in [0.1, 0.15) is 11.1 Å². The zero-order valence-electron chi connectivity index (χ0n) is 12.0. The molecule has 0 saturated carbocycles. The number of thioether (sulfide) groups is 1. The quantitative estimate of drug-likeness (QED) is 0.361. The highest BCUT2D eigenvalue weighted by molar-refractivity contribution is 8.93. The Bertz CT molecular complexity index is 690. The Morgan fingerprint density at radius 3 is 2.43 bits per heavy atom. The van der Waals surface area contributed by atoms with E-state index in [4.69, 9.17) is 5.73 Å². The number of nitrogens with two attached hydrogens (primary N) is 1. The average Bonchev–Trinajstić information content (AvgIpc) is 2.54. The van der Waals surface area contributed by atoms with Gasteiger partial charge in [-0.2, -0.15) is 5.10 Å². The Labute approximate surface area is 148 Å². The highest BCUT2D eigenvalue weighted by Gasteiger charge is 2.04. The van der Waals surface area contributed by atoms with E-state index in [1.165, 1.54) is 23.9 Å². The van der Waals surface area contributed by atoms with Crippen molar-refractivity contribution in [2.24, 2.45) is 15.9 Å². The van der Waals surface area contributed by atoms with Gasteiger partial charge in [-0.15, -0.1) is 22.1 Å². The molecule has 0 heterocycles. The third-order valence-electron chi connectivity index (χ3n) is 2.70. The van der Waals surface area contributed by atoms with E-state index in [0.717, 1.165) is 11.1 Å². The van der Waals surface area contributed by atoms with Crippen molar-refractivity contribution in [2.75, 3.05) is 0 Å². The van der Waals surface area contributed by atoms with Gasteiger partial charge >= 0.3 is 0 Å². The van der Waals surface area contributed by atoms with E-state index in [1.807, 2.05) is 30.3 Å². The van der Waals surface area contributed by atoms with E-state index in [0.29, 0.717) is 10.9 Å². The maximum Gasteiger partial charge on any atom is 0.269 e. The predicted molar refractivity (Wildman–Crippen MR) is 100 cm³/mol. The minimum Gasteiger partial charge on any atom is -0.377 e. The molecule has 0 bridgehead atoms. The van der Waals surface area contributed by atoms with Crippen molar-refractivity contribution in [1.29, 1.82) is 0 Å². The lowest BCUT2D eigenvalue weighted by Crippen LogP contribution is -2.06. The number of amidine groups is 1. The van der Waals surface area contributed by atoms with Crippen LogP contribution in [-0.2, 0) is 5.75 Å². The third kappa shape index (κ3) is 6.62. The maximum absolute atomic E-state index is 10.6. The lowest BCUT2D eigenvalue weighted by atomic mass is 10.2. The lowest BCUT2D eigenvalue weighted by Gasteiger charge is -2.00. The summed E-state index contributed by atoms with van der Waals surface area (Å²) in [7, 11) is 0. The summed E-state index contributed by atoms with van der Waals surface area (Å²) in [5, 5.41) is 18.7. The van der Waals surface area contributed by atoms with Gasteiger partial charge in [0.05, 0.1) is 11.1 Å². The van der Waals surface area contributed by atoms with Crippen LogP contribution in [0.2, 0.25) is 0 Å². The van der Waals surface area contributed by atoms with Gasteiger partial charge in [-0.05, 0) is 11.1 Å². The van der Waals surface area contributed by atoms with Crippen molar-refractivity contribution >= 4 is 45.8 Å². The van der Waals surface area contributed by atoms with E-state index in [2.05, 4.69) is 10.2 Å². The molecule has 0 spiro atoms. The van der Waals surface area contributed by atoms with Gasteiger partial charge < -0.3 is 5.73 Å². The van der Waals surface area contributed by atoms with Crippen LogP contribution in [0.25, 0.3) is 0 Å². The molecule has 0 amide bonds. The first-order valence-corrected chi connectivity index (χ1v) is 7.41. The normalized spacial score (nSPS) is 11.2. The molecular weight excluding hydrogens is 380 g/mol. The van der Waals surface area contributed by atoms with Gasteiger partial charge in [0, 0.05) is 17.9 Å². The SMILES string of the molecule is Br.N/C(=N/N=Cc1ccccc1)SCc1ccc([N+](=O)[O-])cc1. The molecule has 23 heavy (non-hydrogen) atoms.